The van der Waals surface area contributed by atoms with Crippen LogP contribution in [0.15, 0.2) is 242 Å². The van der Waals surface area contributed by atoms with Crippen molar-refractivity contribution in [2.24, 2.45) is 20.0 Å². The predicted octanol–water partition coefficient (Wildman–Crippen LogP) is 16.9. The zero-order valence-electron chi connectivity index (χ0n) is 55.6. The van der Waals surface area contributed by atoms with E-state index in [4.69, 9.17) is 27.8 Å². The second kappa shape index (κ2) is 31.0. The average Bonchev–Trinajstić information content (AvgIpc) is 1.67. The maximum absolute atomic E-state index is 11.7. The minimum Gasteiger partial charge on any atom is -0.324 e. The third-order valence-electron chi connectivity index (χ3n) is 16.3. The number of aliphatic imine (C=N–C) groups is 4. The lowest BCUT2D eigenvalue weighted by Crippen LogP contribution is -2.15. The number of imidazole rings is 3. The van der Waals surface area contributed by atoms with Gasteiger partial charge >= 0.3 is 0 Å². The van der Waals surface area contributed by atoms with Crippen LogP contribution in [0.2, 0.25) is 38.8 Å². The van der Waals surface area contributed by atoms with Gasteiger partial charge in [0.15, 0.2) is 0 Å². The van der Waals surface area contributed by atoms with Crippen LogP contribution in [0.1, 0.15) is 89.8 Å². The Hall–Kier alpha value is -10.4. The summed E-state index contributed by atoms with van der Waals surface area (Å²) in [6.07, 6.45) is 16.4. The van der Waals surface area contributed by atoms with Crippen LogP contribution >= 0.6 is 31.9 Å². The number of carbonyl (C=O) groups is 1. The molecule has 4 aliphatic heterocycles. The Morgan fingerprint density at radius 3 is 1.23 bits per heavy atom. The van der Waals surface area contributed by atoms with E-state index in [9.17, 15) is 4.79 Å². The molecule has 0 aliphatic carbocycles. The van der Waals surface area contributed by atoms with Gasteiger partial charge in [-0.3, -0.25) is 24.8 Å². The van der Waals surface area contributed by atoms with Crippen molar-refractivity contribution in [1.29, 1.82) is 0 Å². The van der Waals surface area contributed by atoms with Gasteiger partial charge in [-0.1, -0.05) is 198 Å². The van der Waals surface area contributed by atoms with Crippen LogP contribution < -0.4 is 5.32 Å². The lowest BCUT2D eigenvalue weighted by molar-refractivity contribution is -0.114. The summed E-state index contributed by atoms with van der Waals surface area (Å²) in [5.74, 6) is 9.34. The molecule has 0 saturated heterocycles. The highest BCUT2D eigenvalue weighted by atomic mass is 79.9. The molecule has 0 spiro atoms. The van der Waals surface area contributed by atoms with Crippen LogP contribution in [-0.4, -0.2) is 80.8 Å². The van der Waals surface area contributed by atoms with Gasteiger partial charge < -0.3 is 19.0 Å². The number of carbonyl (C=O) groups excluding carboxylic acids is 1. The van der Waals surface area contributed by atoms with Crippen molar-refractivity contribution < 1.29 is 4.79 Å². The summed E-state index contributed by atoms with van der Waals surface area (Å²) >= 11 is 7.04. The number of fused-ring (bicyclic) bond motifs is 10. The molecular formula is C81H73Br2N11OSi2. The first-order chi connectivity index (χ1) is 46.9. The molecule has 8 aromatic carbocycles. The summed E-state index contributed by atoms with van der Waals surface area (Å²) < 4.78 is 8.45. The van der Waals surface area contributed by atoms with E-state index in [1.54, 1.807) is 0 Å². The SMILES string of the molecule is C#C[Si](C)(C)C.C#Cc1ccc2c(c1)C(c1ccccc1)=NCc1c(C)ncn1-2.Cc1ncn2c1CN=C(c1ccccc1)c1cc(Br)ccc1-2.Cc1ncn2c1CN=C(c1ccccc1)c1cc(C#CC[SiH](C)C)ccc1-2.O=C1CN=C(c2ccccc2)c2cc(Br)ccc2N1. The number of benzene rings is 8. The maximum atomic E-state index is 11.7. The van der Waals surface area contributed by atoms with E-state index in [1.807, 2.05) is 143 Å². The average molecular weight is 1430 g/mol. The summed E-state index contributed by atoms with van der Waals surface area (Å²) in [5.41, 5.74) is 27.7. The number of amides is 1. The van der Waals surface area contributed by atoms with Crippen molar-refractivity contribution in [2.75, 3.05) is 11.9 Å². The van der Waals surface area contributed by atoms with Gasteiger partial charge in [0.25, 0.3) is 0 Å². The molecule has 97 heavy (non-hydrogen) atoms. The number of hydrogen-bond acceptors (Lipinski definition) is 8. The van der Waals surface area contributed by atoms with Crippen molar-refractivity contribution in [1.82, 2.24) is 28.7 Å². The van der Waals surface area contributed by atoms with Crippen LogP contribution in [0.5, 0.6) is 0 Å². The Morgan fingerprint density at radius 2 is 0.825 bits per heavy atom. The number of hydrogen-bond donors (Lipinski definition) is 1. The smallest absolute Gasteiger partial charge is 0.246 e. The first-order valence-corrected chi connectivity index (χ1v) is 40.3. The van der Waals surface area contributed by atoms with E-state index in [0.29, 0.717) is 19.6 Å². The van der Waals surface area contributed by atoms with Gasteiger partial charge in [0, 0.05) is 79.4 Å². The van der Waals surface area contributed by atoms with Gasteiger partial charge in [-0.2, -0.15) is 0 Å². The van der Waals surface area contributed by atoms with Crippen LogP contribution in [0.25, 0.3) is 17.1 Å². The minimum absolute atomic E-state index is 0.0884. The topological polar surface area (TPSA) is 132 Å². The first-order valence-electron chi connectivity index (χ1n) is 32.1. The van der Waals surface area contributed by atoms with E-state index in [0.717, 1.165) is 150 Å². The fraction of sp³-hybridized carbons (Fsp3) is 0.160. The number of benzodiazepines with no additional fused rings is 1. The van der Waals surface area contributed by atoms with Crippen molar-refractivity contribution in [3.8, 4) is 53.2 Å². The van der Waals surface area contributed by atoms with Crippen LogP contribution in [-0.2, 0) is 24.4 Å². The Kier molecular flexibility index (Phi) is 21.7. The van der Waals surface area contributed by atoms with Gasteiger partial charge in [-0.05, 0) is 93.6 Å². The normalized spacial score (nSPS) is 12.9. The largest absolute Gasteiger partial charge is 0.324 e. The molecule has 15 rings (SSSR count). The molecule has 1 amide bonds. The number of rotatable bonds is 5. The Morgan fingerprint density at radius 1 is 0.474 bits per heavy atom. The molecule has 0 bridgehead atoms. The summed E-state index contributed by atoms with van der Waals surface area (Å²) in [6, 6.07) is 66.5. The summed E-state index contributed by atoms with van der Waals surface area (Å²) in [5, 5.41) is 2.87. The number of terminal acetylenes is 2. The van der Waals surface area contributed by atoms with E-state index >= 15 is 0 Å². The molecule has 0 atom stereocenters. The monoisotopic (exact) mass is 1430 g/mol. The molecule has 16 heteroatoms. The molecule has 11 aromatic rings. The molecule has 0 unspecified atom stereocenters. The zero-order chi connectivity index (χ0) is 68.2. The molecule has 7 heterocycles. The lowest BCUT2D eigenvalue weighted by Gasteiger charge is -2.12. The van der Waals surface area contributed by atoms with Crippen molar-refractivity contribution in [2.45, 2.75) is 79.2 Å². The highest BCUT2D eigenvalue weighted by Crippen LogP contribution is 2.32. The summed E-state index contributed by atoms with van der Waals surface area (Å²) in [6.45, 7) is 19.2. The second-order valence-electron chi connectivity index (χ2n) is 24.9. The summed E-state index contributed by atoms with van der Waals surface area (Å²) in [4.78, 5) is 44.2. The number of nitrogens with zero attached hydrogens (tertiary/aromatic N) is 10. The van der Waals surface area contributed by atoms with Gasteiger partial charge in [-0.25, -0.2) is 15.0 Å². The molecule has 3 aromatic heterocycles. The van der Waals surface area contributed by atoms with Crippen molar-refractivity contribution in [3.05, 3.63) is 312 Å². The molecule has 480 valence electrons. The van der Waals surface area contributed by atoms with Crippen LogP contribution in [0.3, 0.4) is 0 Å². The Balaban J connectivity index is 0.000000128. The number of anilines is 1. The van der Waals surface area contributed by atoms with Gasteiger partial charge in [0.2, 0.25) is 5.91 Å². The van der Waals surface area contributed by atoms with Gasteiger partial charge in [0.05, 0.1) is 118 Å². The lowest BCUT2D eigenvalue weighted by atomic mass is 9.98. The summed E-state index contributed by atoms with van der Waals surface area (Å²) in [7, 11) is -1.76. The molecule has 1 N–H and O–H groups in total. The number of nitrogens with one attached hydrogen (secondary N) is 1. The Bertz CT molecular complexity index is 4990. The quantitative estimate of drug-likeness (QED) is 0.136. The molecule has 0 fully saturated rings. The second-order valence-corrected chi connectivity index (χ2v) is 34.7. The Labute approximate surface area is 588 Å². The van der Waals surface area contributed by atoms with E-state index in [-0.39, 0.29) is 12.5 Å². The fourth-order valence-corrected chi connectivity index (χ4v) is 12.5. The van der Waals surface area contributed by atoms with Crippen LogP contribution in [0, 0.1) is 56.9 Å². The minimum atomic E-state index is -1.10. The maximum Gasteiger partial charge on any atom is 0.246 e. The number of aromatic nitrogens is 6. The zero-order valence-corrected chi connectivity index (χ0v) is 60.9. The molecule has 12 nitrogen and oxygen atoms in total. The van der Waals surface area contributed by atoms with E-state index < -0.39 is 16.9 Å². The third-order valence-corrected chi connectivity index (χ3v) is 19.2. The van der Waals surface area contributed by atoms with Crippen molar-refractivity contribution >= 4 is 83.2 Å². The highest BCUT2D eigenvalue weighted by molar-refractivity contribution is 9.10. The van der Waals surface area contributed by atoms with Gasteiger partial charge in [0.1, 0.15) is 14.6 Å². The molecular weight excluding hydrogens is 1360 g/mol. The molecule has 0 radical (unpaired) electrons. The third kappa shape index (κ3) is 16.3. The van der Waals surface area contributed by atoms with Crippen molar-refractivity contribution in [3.63, 3.8) is 0 Å². The first kappa shape index (κ1) is 68.0. The van der Waals surface area contributed by atoms with E-state index in [1.165, 1.54) is 0 Å². The predicted molar refractivity (Wildman–Crippen MR) is 410 cm³/mol. The number of halogens is 2. The molecule has 0 saturated carbocycles. The standard InChI is InChI=1S/C23H23N3Si.C20H15N3.C18H14BrN3.C15H11BrN2O.C5H10Si/c1-17-22-15-24-23(19-9-5-4-6-10-19)20-14-18(8-7-13-27(2)3)11-12-21(20)26(22)16-25-17;1-3-15-9-10-18-17(11-15)20(16-7-5-4-6-8-16)21-12-19-14(2)22-13-23(18)19;1-12-17-10-20-18(13-5-3-2-4-6-13)15-9-14(19)7-8-16(15)22(17)11-21-12;16-11-6-7-13-12(8-11)15(17-9-14(19)18-13)10-4-2-1-3-5-10;1-5-6(2,3)4/h4-6,9-12,14,16,27H,13,15H2,1-3H3;1,4-11,13H,12H2,2H3;2-9,11H,10H2,1H3;1-8H,9H2,(H,18,19);1H,2-4H3. The van der Waals surface area contributed by atoms with E-state index in [2.05, 4.69) is 218 Å². The molecule has 4 aliphatic rings. The van der Waals surface area contributed by atoms with Crippen LogP contribution in [0.4, 0.5) is 5.69 Å². The fourth-order valence-electron chi connectivity index (χ4n) is 11.2. The highest BCUT2D eigenvalue weighted by Gasteiger charge is 2.25. The van der Waals surface area contributed by atoms with Gasteiger partial charge in [-0.15, -0.1) is 24.3 Å². The number of aryl methyl sites for hydroxylation is 3.